The number of ether oxygens (including phenoxy) is 2. The normalized spacial score (nSPS) is 18.7. The molecule has 2 aromatic carbocycles. The summed E-state index contributed by atoms with van der Waals surface area (Å²) in [7, 11) is 0. The van der Waals surface area contributed by atoms with Crippen LogP contribution in [0, 0.1) is 11.6 Å². The van der Waals surface area contributed by atoms with Crippen molar-refractivity contribution in [1.82, 2.24) is 19.4 Å². The van der Waals surface area contributed by atoms with Gasteiger partial charge in [0.05, 0.1) is 47.2 Å². The molecule has 6 rings (SSSR count). The third-order valence-corrected chi connectivity index (χ3v) is 7.71. The number of carboxylic acids is 1. The van der Waals surface area contributed by atoms with Gasteiger partial charge in [-0.3, -0.25) is 9.88 Å². The van der Waals surface area contributed by atoms with E-state index in [0.717, 1.165) is 42.9 Å². The van der Waals surface area contributed by atoms with Crippen molar-refractivity contribution in [2.75, 3.05) is 19.7 Å². The summed E-state index contributed by atoms with van der Waals surface area (Å²) in [6, 6.07) is 12.0. The van der Waals surface area contributed by atoms with Crippen molar-refractivity contribution in [1.29, 1.82) is 0 Å². The van der Waals surface area contributed by atoms with Crippen LogP contribution in [0.5, 0.6) is 5.75 Å². The van der Waals surface area contributed by atoms with Crippen LogP contribution in [0.15, 0.2) is 48.5 Å². The first-order chi connectivity index (χ1) is 19.3. The van der Waals surface area contributed by atoms with Crippen molar-refractivity contribution in [3.63, 3.8) is 0 Å². The molecule has 0 saturated carbocycles. The smallest absolute Gasteiger partial charge is 0.335 e. The highest BCUT2D eigenvalue weighted by Gasteiger charge is 2.30. The predicted molar refractivity (Wildman–Crippen MR) is 154 cm³/mol. The molecule has 41 heavy (non-hydrogen) atoms. The van der Waals surface area contributed by atoms with E-state index in [2.05, 4.69) is 9.88 Å². The van der Waals surface area contributed by atoms with Gasteiger partial charge in [-0.2, -0.15) is 13.5 Å². The molecule has 0 spiro atoms. The van der Waals surface area contributed by atoms with E-state index in [-0.39, 0.29) is 54.3 Å². The van der Waals surface area contributed by atoms with E-state index in [4.69, 9.17) is 26.1 Å². The maximum absolute atomic E-state index is 14.9. The molecule has 1 N–H and O–H groups in total. The lowest BCUT2D eigenvalue weighted by Gasteiger charge is -2.28. The van der Waals surface area contributed by atoms with Crippen LogP contribution in [0.2, 0.25) is 5.02 Å². The third kappa shape index (κ3) is 6.33. The van der Waals surface area contributed by atoms with E-state index in [9.17, 15) is 18.7 Å². The Morgan fingerprint density at radius 1 is 1.10 bits per heavy atom. The monoisotopic (exact) mass is 602 g/mol. The van der Waals surface area contributed by atoms with Crippen molar-refractivity contribution in [3.8, 4) is 5.75 Å². The molecule has 216 valence electrons. The van der Waals surface area contributed by atoms with Gasteiger partial charge in [0.2, 0.25) is 0 Å². The van der Waals surface area contributed by atoms with Gasteiger partial charge in [-0.1, -0.05) is 11.6 Å². The summed E-state index contributed by atoms with van der Waals surface area (Å²) >= 11 is 5.80. The first-order valence-corrected chi connectivity index (χ1v) is 13.5. The zero-order valence-corrected chi connectivity index (χ0v) is 23.8. The Morgan fingerprint density at radius 3 is 2.66 bits per heavy atom. The summed E-state index contributed by atoms with van der Waals surface area (Å²) in [4.78, 5) is 23.1. The molecular formula is C29H29ClF2N4O4S. The van der Waals surface area contributed by atoms with Crippen molar-refractivity contribution in [2.24, 2.45) is 0 Å². The minimum atomic E-state index is -0.987. The van der Waals surface area contributed by atoms with E-state index < -0.39 is 11.8 Å². The van der Waals surface area contributed by atoms with Crippen LogP contribution in [0.3, 0.4) is 0 Å². The topological polar surface area (TPSA) is 89.7 Å². The molecule has 1 unspecified atom stereocenters. The second-order valence-electron chi connectivity index (χ2n) is 10.2. The number of aromatic nitrogens is 3. The molecule has 2 aliphatic rings. The van der Waals surface area contributed by atoms with Gasteiger partial charge >= 0.3 is 5.97 Å². The molecule has 2 aliphatic heterocycles. The van der Waals surface area contributed by atoms with Crippen LogP contribution >= 0.6 is 25.1 Å². The number of hydrogen-bond acceptors (Lipinski definition) is 6. The van der Waals surface area contributed by atoms with Gasteiger partial charge < -0.3 is 19.1 Å². The predicted octanol–water partition coefficient (Wildman–Crippen LogP) is 5.53. The lowest BCUT2D eigenvalue weighted by molar-refractivity contribution is -0.0591. The maximum Gasteiger partial charge on any atom is 0.335 e. The highest BCUT2D eigenvalue weighted by atomic mass is 35.5. The Morgan fingerprint density at radius 2 is 1.93 bits per heavy atom. The number of likely N-dealkylation sites (tertiary alicyclic amines) is 1. The fraction of sp³-hybridized carbons (Fsp3) is 0.345. The van der Waals surface area contributed by atoms with Crippen LogP contribution in [-0.4, -0.2) is 56.3 Å². The summed E-state index contributed by atoms with van der Waals surface area (Å²) in [6.45, 7) is 3.15. The van der Waals surface area contributed by atoms with Gasteiger partial charge in [0, 0.05) is 24.1 Å². The lowest BCUT2D eigenvalue weighted by Crippen LogP contribution is -2.32. The highest BCUT2D eigenvalue weighted by molar-refractivity contribution is 7.59. The molecule has 4 aromatic rings. The molecule has 0 aliphatic carbocycles. The van der Waals surface area contributed by atoms with Crippen molar-refractivity contribution in [2.45, 2.75) is 44.6 Å². The molecule has 12 heteroatoms. The molecule has 2 saturated heterocycles. The standard InChI is InChI=1S/C29H27ClF2N4O4.H2S/c30-19-2-6-26(23(32)12-19)40-16-20-3-4-22(31)28(33-20)18-7-9-35(13-18)15-27-34-24-5-1-17(29(37)38)11-25(24)36(27)14-21-8-10-39-21;/h1-6,11-12,18,21H,7-10,13-16H2,(H,37,38);1H2/t18?,21-;/m0./s1. The van der Waals surface area contributed by atoms with Gasteiger partial charge in [0.15, 0.2) is 11.6 Å². The Labute approximate surface area is 247 Å². The number of aromatic carboxylic acids is 1. The average molecular weight is 603 g/mol. The number of fused-ring (bicyclic) bond motifs is 1. The van der Waals surface area contributed by atoms with Gasteiger partial charge in [0.1, 0.15) is 18.2 Å². The summed E-state index contributed by atoms with van der Waals surface area (Å²) in [6.07, 6.45) is 1.73. The first-order valence-electron chi connectivity index (χ1n) is 13.1. The number of pyridine rings is 1. The molecule has 2 atom stereocenters. The van der Waals surface area contributed by atoms with Gasteiger partial charge in [-0.05, 0) is 67.9 Å². The van der Waals surface area contributed by atoms with Crippen LogP contribution in [0.25, 0.3) is 11.0 Å². The fourth-order valence-corrected chi connectivity index (χ4v) is 5.43. The van der Waals surface area contributed by atoms with Gasteiger partial charge in [-0.15, -0.1) is 0 Å². The summed E-state index contributed by atoms with van der Waals surface area (Å²) in [5.41, 5.74) is 2.56. The Kier molecular flexibility index (Phi) is 8.79. The summed E-state index contributed by atoms with van der Waals surface area (Å²) in [5, 5.41) is 9.75. The highest BCUT2D eigenvalue weighted by Crippen LogP contribution is 2.31. The van der Waals surface area contributed by atoms with Crippen LogP contribution in [-0.2, 0) is 24.4 Å². The number of halogens is 3. The maximum atomic E-state index is 14.9. The number of carbonyl (C=O) groups is 1. The van der Waals surface area contributed by atoms with Crippen molar-refractivity contribution < 1.29 is 28.2 Å². The molecule has 2 aromatic heterocycles. The second kappa shape index (κ2) is 12.3. The number of hydrogen-bond donors (Lipinski definition) is 1. The molecular weight excluding hydrogens is 574 g/mol. The van der Waals surface area contributed by atoms with Crippen molar-refractivity contribution >= 4 is 42.1 Å². The fourth-order valence-electron chi connectivity index (χ4n) is 5.27. The summed E-state index contributed by atoms with van der Waals surface area (Å²) in [5.74, 6) is -1.21. The molecule has 0 radical (unpaired) electrons. The van der Waals surface area contributed by atoms with E-state index >= 15 is 0 Å². The van der Waals surface area contributed by atoms with Crippen LogP contribution < -0.4 is 4.74 Å². The minimum Gasteiger partial charge on any atom is -0.484 e. The number of nitrogens with zero attached hydrogens (tertiary/aromatic N) is 4. The number of imidazole rings is 1. The van der Waals surface area contributed by atoms with E-state index in [1.165, 1.54) is 30.3 Å². The van der Waals surface area contributed by atoms with Crippen molar-refractivity contribution in [3.05, 3.63) is 88.0 Å². The van der Waals surface area contributed by atoms with Crippen LogP contribution in [0.1, 0.15) is 46.3 Å². The van der Waals surface area contributed by atoms with E-state index in [0.29, 0.717) is 31.0 Å². The Balaban J connectivity index is 0.00000337. The summed E-state index contributed by atoms with van der Waals surface area (Å²) < 4.78 is 42.2. The molecule has 8 nitrogen and oxygen atoms in total. The number of rotatable bonds is 9. The lowest BCUT2D eigenvalue weighted by atomic mass is 10.0. The third-order valence-electron chi connectivity index (χ3n) is 7.48. The van der Waals surface area contributed by atoms with Gasteiger partial charge in [0.25, 0.3) is 0 Å². The SMILES string of the molecule is O=C(O)c1ccc2nc(CN3CCC(c4nc(COc5ccc(Cl)cc5F)ccc4F)C3)n(C[C@@H]3CCO3)c2c1.S. The zero-order valence-electron chi connectivity index (χ0n) is 22.0. The van der Waals surface area contributed by atoms with Gasteiger partial charge in [-0.25, -0.2) is 18.6 Å². The molecule has 0 bridgehead atoms. The Hall–Kier alpha value is -3.25. The molecule has 0 amide bonds. The number of benzene rings is 2. The Bertz CT molecular complexity index is 1580. The average Bonchev–Trinajstić information content (AvgIpc) is 3.50. The van der Waals surface area contributed by atoms with E-state index in [1.807, 2.05) is 4.57 Å². The molecule has 2 fully saturated rings. The first kappa shape index (κ1) is 29.2. The quantitative estimate of drug-likeness (QED) is 0.269. The van der Waals surface area contributed by atoms with Crippen LogP contribution in [0.4, 0.5) is 8.78 Å². The molecule has 4 heterocycles. The second-order valence-corrected chi connectivity index (χ2v) is 10.6. The number of carboxylic acid groups (broad SMARTS) is 1. The van der Waals surface area contributed by atoms with E-state index in [1.54, 1.807) is 18.2 Å². The minimum absolute atomic E-state index is 0. The largest absolute Gasteiger partial charge is 0.484 e. The zero-order chi connectivity index (χ0) is 27.8.